The molecule has 1 N–H and O–H groups in total. The van der Waals surface area contributed by atoms with Crippen molar-refractivity contribution in [2.24, 2.45) is 10.2 Å². The summed E-state index contributed by atoms with van der Waals surface area (Å²) in [6.45, 7) is 6.85. The fourth-order valence-electron chi connectivity index (χ4n) is 2.91. The number of hydrogen-bond donors (Lipinski definition) is 1. The number of rotatable bonds is 3. The number of anilines is 1. The van der Waals surface area contributed by atoms with Gasteiger partial charge in [-0.3, -0.25) is 4.79 Å². The van der Waals surface area contributed by atoms with Crippen LogP contribution in [0.2, 0.25) is 0 Å². The van der Waals surface area contributed by atoms with Crippen LogP contribution in [-0.2, 0) is 9.84 Å². The molecule has 1 aliphatic rings. The van der Waals surface area contributed by atoms with Crippen LogP contribution in [0.5, 0.6) is 0 Å². The van der Waals surface area contributed by atoms with Crippen LogP contribution in [0.15, 0.2) is 50.3 Å². The highest BCUT2D eigenvalue weighted by molar-refractivity contribution is 7.95. The van der Waals surface area contributed by atoms with Crippen molar-refractivity contribution in [1.82, 2.24) is 9.55 Å². The molecule has 9 nitrogen and oxygen atoms in total. The molecule has 0 amide bonds. The van der Waals surface area contributed by atoms with Crippen LogP contribution < -0.4 is 4.90 Å². The van der Waals surface area contributed by atoms with Crippen molar-refractivity contribution >= 4 is 27.4 Å². The number of azo groups is 1. The third kappa shape index (κ3) is 2.91. The number of carbonyl (C=O) groups is 1. The highest BCUT2D eigenvalue weighted by Gasteiger charge is 2.36. The lowest BCUT2D eigenvalue weighted by Gasteiger charge is -2.28. The number of fused-ring (bicyclic) bond motifs is 1. The number of imidazole rings is 1. The van der Waals surface area contributed by atoms with Gasteiger partial charge in [0.05, 0.1) is 16.3 Å². The summed E-state index contributed by atoms with van der Waals surface area (Å²) in [6.07, 6.45) is 0. The summed E-state index contributed by atoms with van der Waals surface area (Å²) in [7, 11) is -4.08. The maximum atomic E-state index is 12.9. The molecule has 142 valence electrons. The molecule has 0 aliphatic carbocycles. The Balaban J connectivity index is 2.16. The van der Waals surface area contributed by atoms with Crippen molar-refractivity contribution in [3.05, 3.63) is 46.6 Å². The summed E-state index contributed by atoms with van der Waals surface area (Å²) in [4.78, 5) is 17.4. The van der Waals surface area contributed by atoms with Gasteiger partial charge in [0.15, 0.2) is 0 Å². The second kappa shape index (κ2) is 6.62. The van der Waals surface area contributed by atoms with Crippen molar-refractivity contribution in [2.45, 2.75) is 32.6 Å². The summed E-state index contributed by atoms with van der Waals surface area (Å²) in [6, 6.07) is 6.33. The van der Waals surface area contributed by atoms with E-state index < -0.39 is 20.7 Å². The molecule has 10 heteroatoms. The van der Waals surface area contributed by atoms with E-state index in [4.69, 9.17) is 0 Å². The second-order valence-corrected chi connectivity index (χ2v) is 7.81. The second-order valence-electron chi connectivity index (χ2n) is 5.98. The van der Waals surface area contributed by atoms with Gasteiger partial charge in [0.1, 0.15) is 0 Å². The fraction of sp³-hybridized carbons (Fsp3) is 0.294. The van der Waals surface area contributed by atoms with Crippen LogP contribution in [0.3, 0.4) is 0 Å². The molecule has 0 saturated carbocycles. The quantitative estimate of drug-likeness (QED) is 0.805. The maximum Gasteiger partial charge on any atom is 0.256 e. The van der Waals surface area contributed by atoms with Gasteiger partial charge in [0.2, 0.25) is 26.7 Å². The highest BCUT2D eigenvalue weighted by atomic mass is 32.2. The molecular formula is C17H19N5O4S. The van der Waals surface area contributed by atoms with E-state index in [1.807, 2.05) is 0 Å². The first-order chi connectivity index (χ1) is 12.7. The zero-order chi connectivity index (χ0) is 19.9. The maximum absolute atomic E-state index is 12.9. The predicted octanol–water partition coefficient (Wildman–Crippen LogP) is 3.24. The summed E-state index contributed by atoms with van der Waals surface area (Å²) in [5.41, 5.74) is 1.53. The van der Waals surface area contributed by atoms with Crippen LogP contribution >= 0.6 is 0 Å². The molecule has 1 aromatic heterocycles. The van der Waals surface area contributed by atoms with E-state index in [0.717, 1.165) is 0 Å². The van der Waals surface area contributed by atoms with Crippen LogP contribution in [0.25, 0.3) is 0 Å². The topological polar surface area (TPSA) is 117 Å². The Morgan fingerprint density at radius 1 is 1.22 bits per heavy atom. The highest BCUT2D eigenvalue weighted by Crippen LogP contribution is 2.38. The normalized spacial score (nSPS) is 16.1. The predicted molar refractivity (Wildman–Crippen MR) is 98.8 cm³/mol. The van der Waals surface area contributed by atoms with Crippen LogP contribution in [0.4, 0.5) is 11.6 Å². The molecule has 3 rings (SSSR count). The van der Waals surface area contributed by atoms with Gasteiger partial charge in [-0.25, -0.2) is 18.0 Å². The molecule has 2 aromatic rings. The summed E-state index contributed by atoms with van der Waals surface area (Å²) < 4.78 is 27.0. The minimum atomic E-state index is -4.08. The van der Waals surface area contributed by atoms with E-state index in [1.165, 1.54) is 22.5 Å². The van der Waals surface area contributed by atoms with Gasteiger partial charge in [-0.1, -0.05) is 12.1 Å². The monoisotopic (exact) mass is 389 g/mol. The van der Waals surface area contributed by atoms with Gasteiger partial charge >= 0.3 is 0 Å². The van der Waals surface area contributed by atoms with Gasteiger partial charge in [-0.15, -0.1) is 10.2 Å². The molecule has 2 heterocycles. The van der Waals surface area contributed by atoms with Crippen molar-refractivity contribution in [2.75, 3.05) is 11.4 Å². The van der Waals surface area contributed by atoms with Gasteiger partial charge in [0, 0.05) is 19.2 Å². The van der Waals surface area contributed by atoms with Gasteiger partial charge in [0.25, 0.3) is 5.95 Å². The Bertz CT molecular complexity index is 1100. The number of sulfone groups is 1. The number of aliphatic hydroxyl groups excluding tert-OH is 1. The number of aryl methyl sites for hydroxylation is 1. The zero-order valence-corrected chi connectivity index (χ0v) is 16.1. The first-order valence-electron chi connectivity index (χ1n) is 8.23. The molecule has 1 aliphatic heterocycles. The average Bonchev–Trinajstić information content (AvgIpc) is 2.89. The summed E-state index contributed by atoms with van der Waals surface area (Å²) in [5.74, 6) is -0.892. The molecule has 1 aromatic carbocycles. The van der Waals surface area contributed by atoms with Crippen molar-refractivity contribution < 1.29 is 18.3 Å². The van der Waals surface area contributed by atoms with Crippen LogP contribution in [-0.4, -0.2) is 35.5 Å². The first-order valence-corrected chi connectivity index (χ1v) is 9.72. The largest absolute Gasteiger partial charge is 0.492 e. The number of nitrogens with zero attached hydrogens (tertiary/aromatic N) is 5. The fourth-order valence-corrected chi connectivity index (χ4v) is 4.33. The molecule has 0 fully saturated rings. The van der Waals surface area contributed by atoms with Crippen molar-refractivity contribution in [3.8, 4) is 0 Å². The molecule has 0 unspecified atom stereocenters. The Hall–Kier alpha value is -3.01. The van der Waals surface area contributed by atoms with Crippen LogP contribution in [0, 0.1) is 13.8 Å². The van der Waals surface area contributed by atoms with E-state index in [2.05, 4.69) is 15.2 Å². The Morgan fingerprint density at radius 2 is 1.89 bits per heavy atom. The number of benzene rings is 1. The Kier molecular flexibility index (Phi) is 4.60. The van der Waals surface area contributed by atoms with Crippen molar-refractivity contribution in [3.63, 3.8) is 0 Å². The van der Waals surface area contributed by atoms with Gasteiger partial charge < -0.3 is 10.0 Å². The van der Waals surface area contributed by atoms with Crippen LogP contribution in [0.1, 0.15) is 30.0 Å². The summed E-state index contributed by atoms with van der Waals surface area (Å²) in [5, 5.41) is 17.5. The van der Waals surface area contributed by atoms with Gasteiger partial charge in [-0.2, -0.15) is 0 Å². The first kappa shape index (κ1) is 18.8. The third-order valence-corrected chi connectivity index (χ3v) is 6.03. The minimum absolute atomic E-state index is 0.0286. The Labute approximate surface area is 156 Å². The van der Waals surface area contributed by atoms with E-state index in [0.29, 0.717) is 23.6 Å². The lowest BCUT2D eigenvalue weighted by molar-refractivity contribution is 0.0936. The standard InChI is InChI=1S/C17H19N5O4S/c1-5-21-13-8-6-7-9-14(13)27(25,26)15(16(21)24)19-20-17-18-10(2)11(3)22(17)12(4)23/h6-9,24H,5H2,1-4H3. The van der Waals surface area contributed by atoms with E-state index in [-0.39, 0.29) is 16.8 Å². The number of aromatic nitrogens is 2. The van der Waals surface area contributed by atoms with E-state index >= 15 is 0 Å². The lowest BCUT2D eigenvalue weighted by Crippen LogP contribution is -2.30. The van der Waals surface area contributed by atoms with Crippen molar-refractivity contribution in [1.29, 1.82) is 0 Å². The van der Waals surface area contributed by atoms with E-state index in [1.54, 1.807) is 39.0 Å². The van der Waals surface area contributed by atoms with E-state index in [9.17, 15) is 18.3 Å². The number of aliphatic hydroxyl groups is 1. The van der Waals surface area contributed by atoms with Gasteiger partial charge in [-0.05, 0) is 32.9 Å². The molecule has 0 bridgehead atoms. The molecule has 0 atom stereocenters. The lowest BCUT2D eigenvalue weighted by atomic mass is 10.3. The number of para-hydroxylation sites is 1. The average molecular weight is 389 g/mol. The number of hydrogen-bond acceptors (Lipinski definition) is 8. The SMILES string of the molecule is CCN1C(O)=C(N=Nc2nc(C)c(C)n2C(C)=O)S(=O)(=O)c2ccccc21. The minimum Gasteiger partial charge on any atom is -0.492 e. The molecule has 0 spiro atoms. The molecule has 0 radical (unpaired) electrons. The zero-order valence-electron chi connectivity index (χ0n) is 15.3. The molecular weight excluding hydrogens is 370 g/mol. The summed E-state index contributed by atoms with van der Waals surface area (Å²) >= 11 is 0. The molecule has 0 saturated heterocycles. The number of carbonyl (C=O) groups excluding carboxylic acids is 1. The molecule has 27 heavy (non-hydrogen) atoms. The Morgan fingerprint density at radius 3 is 2.52 bits per heavy atom. The smallest absolute Gasteiger partial charge is 0.256 e. The third-order valence-electron chi connectivity index (χ3n) is 4.34.